The Morgan fingerprint density at radius 3 is 2.52 bits per heavy atom. The smallest absolute Gasteiger partial charge is 0.250 e. The van der Waals surface area contributed by atoms with Gasteiger partial charge in [0.1, 0.15) is 5.38 Å². The standard InChI is InChI=1S/C25H39ClN2O3/c1-4-6-8-17-24(20(3)5-2)30-18-23(26)25(29)28(22-15-9-7-10-16-22)19-31-27-21-13-11-12-14-21/h7,9-10,15-16,20,23-24H,4-6,8,11-14,17-19H2,1-3H3. The van der Waals surface area contributed by atoms with E-state index in [0.29, 0.717) is 5.92 Å². The van der Waals surface area contributed by atoms with Crippen molar-refractivity contribution < 1.29 is 14.4 Å². The van der Waals surface area contributed by atoms with Crippen LogP contribution in [0, 0.1) is 5.92 Å². The molecule has 1 aromatic carbocycles. The summed E-state index contributed by atoms with van der Waals surface area (Å²) in [6, 6.07) is 9.46. The van der Waals surface area contributed by atoms with Crippen molar-refractivity contribution in [3.63, 3.8) is 0 Å². The van der Waals surface area contributed by atoms with Crippen molar-refractivity contribution in [3.8, 4) is 0 Å². The number of nitrogens with zero attached hydrogens (tertiary/aromatic N) is 2. The van der Waals surface area contributed by atoms with Gasteiger partial charge in [-0.15, -0.1) is 11.6 Å². The highest BCUT2D eigenvalue weighted by atomic mass is 35.5. The number of para-hydroxylation sites is 1. The lowest BCUT2D eigenvalue weighted by Crippen LogP contribution is -2.41. The van der Waals surface area contributed by atoms with Crippen LogP contribution in [-0.2, 0) is 14.4 Å². The average molecular weight is 451 g/mol. The predicted octanol–water partition coefficient (Wildman–Crippen LogP) is 6.54. The van der Waals surface area contributed by atoms with Crippen LogP contribution in [0.25, 0.3) is 0 Å². The molecule has 1 amide bonds. The number of ether oxygens (including phenoxy) is 1. The maximum Gasteiger partial charge on any atom is 0.250 e. The van der Waals surface area contributed by atoms with Gasteiger partial charge in [0.05, 0.1) is 18.4 Å². The Labute approximate surface area is 193 Å². The van der Waals surface area contributed by atoms with Crippen molar-refractivity contribution >= 4 is 28.9 Å². The first-order valence-electron chi connectivity index (χ1n) is 11.9. The number of unbranched alkanes of at least 4 members (excludes halogenated alkanes) is 2. The molecule has 0 aliphatic heterocycles. The van der Waals surface area contributed by atoms with E-state index in [-0.39, 0.29) is 25.3 Å². The zero-order chi connectivity index (χ0) is 22.5. The van der Waals surface area contributed by atoms with Crippen molar-refractivity contribution in [1.29, 1.82) is 0 Å². The van der Waals surface area contributed by atoms with Gasteiger partial charge < -0.3 is 9.57 Å². The van der Waals surface area contributed by atoms with E-state index in [1.54, 1.807) is 4.90 Å². The number of rotatable bonds is 14. The van der Waals surface area contributed by atoms with Crippen molar-refractivity contribution in [2.24, 2.45) is 11.1 Å². The Morgan fingerprint density at radius 2 is 1.87 bits per heavy atom. The molecule has 0 aromatic heterocycles. The highest BCUT2D eigenvalue weighted by Crippen LogP contribution is 2.21. The van der Waals surface area contributed by atoms with Crippen molar-refractivity contribution in [1.82, 2.24) is 0 Å². The number of hydrogen-bond acceptors (Lipinski definition) is 4. The summed E-state index contributed by atoms with van der Waals surface area (Å²) in [5, 5.41) is 3.45. The highest BCUT2D eigenvalue weighted by Gasteiger charge is 2.27. The van der Waals surface area contributed by atoms with Gasteiger partial charge in [0.15, 0.2) is 6.73 Å². The molecule has 6 heteroatoms. The first kappa shape index (κ1) is 25.7. The van der Waals surface area contributed by atoms with E-state index in [9.17, 15) is 4.79 Å². The Bertz CT molecular complexity index is 660. The number of carbonyl (C=O) groups excluding carboxylic acids is 1. The van der Waals surface area contributed by atoms with Crippen LogP contribution in [0.15, 0.2) is 35.5 Å². The number of oxime groups is 1. The van der Waals surface area contributed by atoms with Gasteiger partial charge in [-0.3, -0.25) is 9.69 Å². The lowest BCUT2D eigenvalue weighted by molar-refractivity contribution is -0.121. The van der Waals surface area contributed by atoms with Gasteiger partial charge in [-0.2, -0.15) is 0 Å². The van der Waals surface area contributed by atoms with Crippen LogP contribution >= 0.6 is 11.6 Å². The van der Waals surface area contributed by atoms with Gasteiger partial charge in [0, 0.05) is 5.69 Å². The summed E-state index contributed by atoms with van der Waals surface area (Å²) in [4.78, 5) is 20.3. The van der Waals surface area contributed by atoms with Crippen molar-refractivity contribution in [2.45, 2.75) is 90.0 Å². The van der Waals surface area contributed by atoms with Crippen LogP contribution in [0.5, 0.6) is 0 Å². The molecule has 31 heavy (non-hydrogen) atoms. The Balaban J connectivity index is 1.98. The highest BCUT2D eigenvalue weighted by molar-refractivity contribution is 6.33. The number of carbonyl (C=O) groups is 1. The van der Waals surface area contributed by atoms with E-state index in [0.717, 1.165) is 56.3 Å². The topological polar surface area (TPSA) is 51.1 Å². The van der Waals surface area contributed by atoms with Gasteiger partial charge in [-0.05, 0) is 50.2 Å². The first-order valence-corrected chi connectivity index (χ1v) is 12.3. The molecular formula is C25H39ClN2O3. The quantitative estimate of drug-likeness (QED) is 0.140. The average Bonchev–Trinajstić information content (AvgIpc) is 3.32. The van der Waals surface area contributed by atoms with Crippen LogP contribution in [-0.4, -0.2) is 36.4 Å². The van der Waals surface area contributed by atoms with Crippen molar-refractivity contribution in [2.75, 3.05) is 18.2 Å². The number of anilines is 1. The zero-order valence-electron chi connectivity index (χ0n) is 19.4. The van der Waals surface area contributed by atoms with Gasteiger partial charge in [0.25, 0.3) is 0 Å². The molecule has 1 fully saturated rings. The molecule has 0 heterocycles. The Morgan fingerprint density at radius 1 is 1.16 bits per heavy atom. The summed E-state index contributed by atoms with van der Waals surface area (Å²) in [6.45, 7) is 6.81. The number of amides is 1. The summed E-state index contributed by atoms with van der Waals surface area (Å²) in [6.07, 6.45) is 9.94. The minimum atomic E-state index is -0.777. The minimum Gasteiger partial charge on any atom is -0.376 e. The maximum absolute atomic E-state index is 13.2. The summed E-state index contributed by atoms with van der Waals surface area (Å²) in [5.74, 6) is 0.211. The maximum atomic E-state index is 13.2. The second kappa shape index (κ2) is 14.5. The molecule has 1 aliphatic rings. The van der Waals surface area contributed by atoms with Crippen molar-refractivity contribution in [3.05, 3.63) is 30.3 Å². The summed E-state index contributed by atoms with van der Waals surface area (Å²) in [5.41, 5.74) is 1.81. The number of benzene rings is 1. The number of hydrogen-bond donors (Lipinski definition) is 0. The van der Waals surface area contributed by atoms with E-state index in [4.69, 9.17) is 21.2 Å². The third-order valence-electron chi connectivity index (χ3n) is 5.99. The predicted molar refractivity (Wildman–Crippen MR) is 129 cm³/mol. The van der Waals surface area contributed by atoms with E-state index >= 15 is 0 Å². The monoisotopic (exact) mass is 450 g/mol. The first-order chi connectivity index (χ1) is 15.1. The lowest BCUT2D eigenvalue weighted by Gasteiger charge is -2.27. The fourth-order valence-corrected chi connectivity index (χ4v) is 3.96. The summed E-state index contributed by atoms with van der Waals surface area (Å²) >= 11 is 6.53. The molecule has 3 atom stereocenters. The second-order valence-corrected chi connectivity index (χ2v) is 8.97. The molecule has 5 nitrogen and oxygen atoms in total. The fourth-order valence-electron chi connectivity index (χ4n) is 3.76. The number of alkyl halides is 1. The molecule has 174 valence electrons. The summed E-state index contributed by atoms with van der Waals surface area (Å²) < 4.78 is 6.15. The van der Waals surface area contributed by atoms with Gasteiger partial charge in [-0.25, -0.2) is 0 Å². The molecule has 0 spiro atoms. The molecule has 0 bridgehead atoms. The van der Waals surface area contributed by atoms with Crippen LogP contribution in [0.4, 0.5) is 5.69 Å². The summed E-state index contributed by atoms with van der Waals surface area (Å²) in [7, 11) is 0. The molecule has 1 saturated carbocycles. The third-order valence-corrected chi connectivity index (χ3v) is 6.30. The third kappa shape index (κ3) is 8.82. The Hall–Kier alpha value is -1.59. The second-order valence-electron chi connectivity index (χ2n) is 8.45. The van der Waals surface area contributed by atoms with E-state index in [2.05, 4.69) is 25.9 Å². The largest absolute Gasteiger partial charge is 0.376 e. The molecular weight excluding hydrogens is 412 g/mol. The zero-order valence-corrected chi connectivity index (χ0v) is 20.2. The Kier molecular flexibility index (Phi) is 12.0. The van der Waals surface area contributed by atoms with Gasteiger partial charge in [0.2, 0.25) is 5.91 Å². The van der Waals surface area contributed by atoms with E-state index in [1.807, 2.05) is 30.3 Å². The number of halogens is 1. The molecule has 1 aromatic rings. The van der Waals surface area contributed by atoms with Gasteiger partial charge >= 0.3 is 0 Å². The molecule has 0 N–H and O–H groups in total. The van der Waals surface area contributed by atoms with Crippen LogP contribution in [0.2, 0.25) is 0 Å². The van der Waals surface area contributed by atoms with E-state index < -0.39 is 5.38 Å². The normalized spacial score (nSPS) is 16.6. The molecule has 3 unspecified atom stereocenters. The molecule has 0 radical (unpaired) electrons. The lowest BCUT2D eigenvalue weighted by atomic mass is 9.96. The van der Waals surface area contributed by atoms with Crippen LogP contribution in [0.1, 0.15) is 78.6 Å². The molecule has 0 saturated heterocycles. The van der Waals surface area contributed by atoms with Gasteiger partial charge in [-0.1, -0.05) is 69.8 Å². The van der Waals surface area contributed by atoms with Crippen LogP contribution in [0.3, 0.4) is 0 Å². The SMILES string of the molecule is CCCCCC(OCC(Cl)C(=O)N(CON=C1CCCC1)c1ccccc1)C(C)CC. The molecule has 1 aliphatic carbocycles. The fraction of sp³-hybridized carbons (Fsp3) is 0.680. The molecule has 2 rings (SSSR count). The van der Waals surface area contributed by atoms with Crippen LogP contribution < -0.4 is 4.90 Å². The van der Waals surface area contributed by atoms with E-state index in [1.165, 1.54) is 12.8 Å². The minimum absolute atomic E-state index is 0.0425.